The largest absolute Gasteiger partial charge is 0.294 e. The molecule has 1 atom stereocenters. The predicted molar refractivity (Wildman–Crippen MR) is 109 cm³/mol. The molecule has 0 unspecified atom stereocenters. The van der Waals surface area contributed by atoms with Gasteiger partial charge in [0.25, 0.3) is 5.69 Å². The number of carbonyl (C=O) groups is 2. The third kappa shape index (κ3) is 3.40. The van der Waals surface area contributed by atoms with Crippen molar-refractivity contribution in [3.8, 4) is 0 Å². The molecule has 1 amide bonds. The van der Waals surface area contributed by atoms with E-state index in [0.717, 1.165) is 0 Å². The fraction of sp³-hybridized carbons (Fsp3) is 0.304. The average molecular weight is 408 g/mol. The van der Waals surface area contributed by atoms with Crippen LogP contribution in [0.5, 0.6) is 0 Å². The lowest BCUT2D eigenvalue weighted by Crippen LogP contribution is -2.44. The Kier molecular flexibility index (Phi) is 4.76. The molecule has 0 aromatic heterocycles. The monoisotopic (exact) mass is 408 g/mol. The number of amides is 1. The minimum atomic E-state index is -0.584. The number of carbonyl (C=O) groups excluding carboxylic acids is 2. The van der Waals surface area contributed by atoms with Crippen LogP contribution in [-0.4, -0.2) is 16.6 Å². The summed E-state index contributed by atoms with van der Waals surface area (Å²) in [5.74, 6) is -1.56. The molecule has 0 spiro atoms. The molecule has 0 N–H and O–H groups in total. The number of hydrogen-bond donors (Lipinski definition) is 0. The zero-order valence-electron chi connectivity index (χ0n) is 16.7. The number of para-hydroxylation sites is 1. The van der Waals surface area contributed by atoms with Crippen LogP contribution in [0.15, 0.2) is 59.8 Å². The summed E-state index contributed by atoms with van der Waals surface area (Å²) >= 11 is 0. The van der Waals surface area contributed by atoms with Crippen LogP contribution in [0.3, 0.4) is 0 Å². The summed E-state index contributed by atoms with van der Waals surface area (Å²) in [6, 6.07) is 12.0. The molecule has 2 aliphatic rings. The van der Waals surface area contributed by atoms with Crippen molar-refractivity contribution in [2.24, 2.45) is 5.41 Å². The minimum Gasteiger partial charge on any atom is -0.294 e. The van der Waals surface area contributed by atoms with Crippen LogP contribution in [0.4, 0.5) is 15.8 Å². The second-order valence-corrected chi connectivity index (χ2v) is 8.59. The first kappa shape index (κ1) is 19.9. The van der Waals surface area contributed by atoms with Crippen molar-refractivity contribution in [1.82, 2.24) is 0 Å². The van der Waals surface area contributed by atoms with Gasteiger partial charge in [-0.3, -0.25) is 24.6 Å². The molecule has 6 nitrogen and oxygen atoms in total. The Labute approximate surface area is 173 Å². The molecule has 2 aromatic carbocycles. The minimum absolute atomic E-state index is 0.0551. The first-order chi connectivity index (χ1) is 14.2. The van der Waals surface area contributed by atoms with Crippen LogP contribution < -0.4 is 4.90 Å². The Balaban J connectivity index is 1.92. The average Bonchev–Trinajstić information content (AvgIpc) is 2.67. The van der Waals surface area contributed by atoms with E-state index in [1.165, 1.54) is 29.2 Å². The zero-order chi connectivity index (χ0) is 21.6. The van der Waals surface area contributed by atoms with E-state index >= 15 is 0 Å². The normalized spacial score (nSPS) is 20.9. The van der Waals surface area contributed by atoms with Gasteiger partial charge in [0.05, 0.1) is 10.6 Å². The molecule has 2 aromatic rings. The summed E-state index contributed by atoms with van der Waals surface area (Å²) in [5.41, 5.74) is 1.14. The number of nitro benzene ring substituents is 1. The molecule has 0 radical (unpaired) electrons. The van der Waals surface area contributed by atoms with Crippen LogP contribution in [0.25, 0.3) is 0 Å². The number of benzene rings is 2. The van der Waals surface area contributed by atoms with Gasteiger partial charge in [0.2, 0.25) is 5.91 Å². The molecule has 1 aliphatic carbocycles. The number of Topliss-reactive ketones (excluding diaryl/α,β-unsaturated/α-hetero) is 1. The van der Waals surface area contributed by atoms with Crippen molar-refractivity contribution in [2.75, 3.05) is 4.90 Å². The van der Waals surface area contributed by atoms with Crippen LogP contribution in [0.1, 0.15) is 44.6 Å². The van der Waals surface area contributed by atoms with E-state index in [9.17, 15) is 24.1 Å². The number of anilines is 1. The van der Waals surface area contributed by atoms with E-state index in [0.29, 0.717) is 29.7 Å². The summed E-state index contributed by atoms with van der Waals surface area (Å²) in [7, 11) is 0. The topological polar surface area (TPSA) is 80.5 Å². The Morgan fingerprint density at radius 1 is 1.10 bits per heavy atom. The number of hydrogen-bond acceptors (Lipinski definition) is 4. The maximum absolute atomic E-state index is 14.6. The van der Waals surface area contributed by atoms with Crippen LogP contribution >= 0.6 is 0 Å². The second kappa shape index (κ2) is 7.16. The Morgan fingerprint density at radius 3 is 2.53 bits per heavy atom. The maximum atomic E-state index is 14.6. The van der Waals surface area contributed by atoms with Gasteiger partial charge in [0.15, 0.2) is 5.78 Å². The summed E-state index contributed by atoms with van der Waals surface area (Å²) in [6.45, 7) is 3.88. The first-order valence-corrected chi connectivity index (χ1v) is 9.76. The van der Waals surface area contributed by atoms with Crippen molar-refractivity contribution in [3.63, 3.8) is 0 Å². The lowest BCUT2D eigenvalue weighted by atomic mass is 9.69. The second-order valence-electron chi connectivity index (χ2n) is 8.59. The lowest BCUT2D eigenvalue weighted by Gasteiger charge is -2.42. The van der Waals surface area contributed by atoms with Gasteiger partial charge in [-0.15, -0.1) is 0 Å². The number of non-ortho nitro benzene ring substituents is 1. The first-order valence-electron chi connectivity index (χ1n) is 9.76. The molecular weight excluding hydrogens is 387 g/mol. The highest BCUT2D eigenvalue weighted by atomic mass is 19.1. The van der Waals surface area contributed by atoms with Gasteiger partial charge in [-0.05, 0) is 29.5 Å². The maximum Gasteiger partial charge on any atom is 0.269 e. The van der Waals surface area contributed by atoms with Crippen LogP contribution in [0, 0.1) is 21.3 Å². The number of nitrogens with zero attached hydrogens (tertiary/aromatic N) is 2. The van der Waals surface area contributed by atoms with Gasteiger partial charge in [0.1, 0.15) is 5.82 Å². The molecule has 30 heavy (non-hydrogen) atoms. The smallest absolute Gasteiger partial charge is 0.269 e. The van der Waals surface area contributed by atoms with Crippen LogP contribution in [0.2, 0.25) is 0 Å². The van der Waals surface area contributed by atoms with Crippen molar-refractivity contribution < 1.29 is 18.9 Å². The molecule has 1 aliphatic heterocycles. The zero-order valence-corrected chi connectivity index (χ0v) is 16.7. The van der Waals surface area contributed by atoms with Crippen molar-refractivity contribution in [3.05, 3.63) is 81.3 Å². The predicted octanol–water partition coefficient (Wildman–Crippen LogP) is 4.90. The van der Waals surface area contributed by atoms with Crippen molar-refractivity contribution in [1.29, 1.82) is 0 Å². The molecule has 0 saturated heterocycles. The van der Waals surface area contributed by atoms with Gasteiger partial charge in [-0.1, -0.05) is 38.1 Å². The Hall–Kier alpha value is -3.35. The molecule has 154 valence electrons. The highest BCUT2D eigenvalue weighted by Crippen LogP contribution is 2.48. The SMILES string of the molecule is CC1(C)CC(=O)C2=C(C1)N(c1ccccc1F)C(=O)C[C@@H]2c1cccc([N+](=O)[O-])c1. The van der Waals surface area contributed by atoms with Gasteiger partial charge in [-0.2, -0.15) is 0 Å². The number of nitro groups is 1. The number of allylic oxidation sites excluding steroid dienone is 2. The van der Waals surface area contributed by atoms with E-state index in [1.807, 2.05) is 13.8 Å². The van der Waals surface area contributed by atoms with E-state index in [-0.39, 0.29) is 34.9 Å². The summed E-state index contributed by atoms with van der Waals surface area (Å²) in [4.78, 5) is 38.4. The van der Waals surface area contributed by atoms with Gasteiger partial charge in [0, 0.05) is 42.2 Å². The fourth-order valence-corrected chi connectivity index (χ4v) is 4.47. The van der Waals surface area contributed by atoms with E-state index in [4.69, 9.17) is 0 Å². The molecular formula is C23H21FN2O4. The summed E-state index contributed by atoms with van der Waals surface area (Å²) in [6.07, 6.45) is 0.677. The molecule has 4 rings (SSSR count). The quantitative estimate of drug-likeness (QED) is 0.535. The molecule has 0 bridgehead atoms. The Bertz CT molecular complexity index is 1110. The van der Waals surface area contributed by atoms with Gasteiger partial charge in [-0.25, -0.2) is 4.39 Å². The third-order valence-electron chi connectivity index (χ3n) is 5.72. The third-order valence-corrected chi connectivity index (χ3v) is 5.72. The molecule has 0 saturated carbocycles. The number of rotatable bonds is 3. The summed E-state index contributed by atoms with van der Waals surface area (Å²) in [5, 5.41) is 11.2. The molecule has 0 fully saturated rings. The van der Waals surface area contributed by atoms with Crippen molar-refractivity contribution >= 4 is 23.1 Å². The van der Waals surface area contributed by atoms with Gasteiger partial charge >= 0.3 is 0 Å². The van der Waals surface area contributed by atoms with Crippen molar-refractivity contribution in [2.45, 2.75) is 39.0 Å². The van der Waals surface area contributed by atoms with E-state index < -0.39 is 16.7 Å². The standard InChI is InChI=1S/C23H21FN2O4/c1-23(2)12-19-22(20(27)13-23)16(14-6-5-7-15(10-14)26(29)30)11-21(28)25(19)18-9-4-3-8-17(18)24/h3-10,16H,11-13H2,1-2H3/t16-/m1/s1. The van der Waals surface area contributed by atoms with E-state index in [1.54, 1.807) is 24.3 Å². The summed E-state index contributed by atoms with van der Waals surface area (Å²) < 4.78 is 14.6. The highest BCUT2D eigenvalue weighted by Gasteiger charge is 2.45. The molecule has 1 heterocycles. The lowest BCUT2D eigenvalue weighted by molar-refractivity contribution is -0.384. The molecule has 7 heteroatoms. The van der Waals surface area contributed by atoms with E-state index in [2.05, 4.69) is 0 Å². The number of halogens is 1. The van der Waals surface area contributed by atoms with Crippen LogP contribution in [-0.2, 0) is 9.59 Å². The number of ketones is 1. The van der Waals surface area contributed by atoms with Gasteiger partial charge < -0.3 is 0 Å². The highest BCUT2D eigenvalue weighted by molar-refractivity contribution is 6.07. The Morgan fingerprint density at radius 2 is 1.83 bits per heavy atom. The fourth-order valence-electron chi connectivity index (χ4n) is 4.47.